The van der Waals surface area contributed by atoms with Crippen molar-refractivity contribution in [2.45, 2.75) is 104 Å². The highest BCUT2D eigenvalue weighted by atomic mass is 16.5. The Kier molecular flexibility index (Phi) is 12.5. The average Bonchev–Trinajstić information content (AvgIpc) is 2.88. The van der Waals surface area contributed by atoms with Gasteiger partial charge in [-0.1, -0.05) is 72.0 Å². The van der Waals surface area contributed by atoms with Gasteiger partial charge in [0.1, 0.15) is 13.2 Å². The Bertz CT molecular complexity index is 698. The van der Waals surface area contributed by atoms with Crippen molar-refractivity contribution in [1.82, 2.24) is 0 Å². The molecule has 0 aromatic carbocycles. The number of hydrogen-bond acceptors (Lipinski definition) is 5. The summed E-state index contributed by atoms with van der Waals surface area (Å²) in [7, 11) is 0. The maximum Gasteiger partial charge on any atom is 0.335 e. The molecule has 0 heterocycles. The van der Waals surface area contributed by atoms with Crippen molar-refractivity contribution in [3.05, 3.63) is 24.3 Å². The van der Waals surface area contributed by atoms with Gasteiger partial charge in [-0.15, -0.1) is 0 Å². The number of ether oxygens (including phenoxy) is 2. The second-order valence-electron chi connectivity index (χ2n) is 11.6. The zero-order valence-corrected chi connectivity index (χ0v) is 22.6. The van der Waals surface area contributed by atoms with Gasteiger partial charge in [0.2, 0.25) is 0 Å². The maximum absolute atomic E-state index is 12.1. The Balaban J connectivity index is 1.88. The summed E-state index contributed by atoms with van der Waals surface area (Å²) in [5, 5.41) is 9.17. The van der Waals surface area contributed by atoms with E-state index in [1.165, 1.54) is 70.6 Å². The molecule has 0 spiro atoms. The number of carbonyl (C=O) groups is 2. The third-order valence-electron chi connectivity index (χ3n) is 8.68. The molecule has 0 aliphatic heterocycles. The largest absolute Gasteiger partial charge is 0.462 e. The first kappa shape index (κ1) is 29.6. The van der Waals surface area contributed by atoms with Crippen LogP contribution in [-0.2, 0) is 19.1 Å². The summed E-state index contributed by atoms with van der Waals surface area (Å²) in [5.74, 6) is 1.87. The van der Waals surface area contributed by atoms with Gasteiger partial charge in [0.15, 0.2) is 0 Å². The Hall–Kier alpha value is -1.62. The SMILES string of the molecule is C=C(C)C(=O)OCC(C)(COC(=O)C(=C)CO)C1CCC(C2CCC(CCCCCC)CC2)CC1. The number of aliphatic hydroxyl groups excluding tert-OH is 1. The molecule has 0 radical (unpaired) electrons. The summed E-state index contributed by atoms with van der Waals surface area (Å²) in [6, 6.07) is 0. The van der Waals surface area contributed by atoms with Gasteiger partial charge in [-0.25, -0.2) is 9.59 Å². The second-order valence-corrected chi connectivity index (χ2v) is 11.6. The molecular formula is C30H50O5. The monoisotopic (exact) mass is 490 g/mol. The molecule has 0 bridgehead atoms. The number of unbranched alkanes of at least 4 members (excludes halogenated alkanes) is 3. The molecule has 0 aromatic heterocycles. The Labute approximate surface area is 213 Å². The summed E-state index contributed by atoms with van der Waals surface area (Å²) in [6.07, 6.45) is 16.9. The fourth-order valence-corrected chi connectivity index (χ4v) is 6.12. The molecule has 1 N–H and O–H groups in total. The Morgan fingerprint density at radius 1 is 0.857 bits per heavy atom. The highest BCUT2D eigenvalue weighted by Crippen LogP contribution is 2.46. The number of esters is 2. The molecule has 0 amide bonds. The predicted molar refractivity (Wildman–Crippen MR) is 141 cm³/mol. The van der Waals surface area contributed by atoms with Crippen LogP contribution in [0.2, 0.25) is 0 Å². The van der Waals surface area contributed by atoms with Crippen LogP contribution in [0.5, 0.6) is 0 Å². The molecule has 2 aliphatic rings. The highest BCUT2D eigenvalue weighted by molar-refractivity contribution is 5.88. The Morgan fingerprint density at radius 3 is 1.91 bits per heavy atom. The molecule has 1 atom stereocenters. The van der Waals surface area contributed by atoms with Crippen LogP contribution in [0, 0.1) is 29.1 Å². The number of carbonyl (C=O) groups excluding carboxylic acids is 2. The summed E-state index contributed by atoms with van der Waals surface area (Å²) in [4.78, 5) is 24.2. The standard InChI is InChI=1S/C30H50O5/c1-6-7-8-9-10-24-11-13-25(14-12-24)26-15-17-27(18-16-26)30(5,20-34-28(32)22(2)3)21-35-29(33)23(4)19-31/h24-27,31H,2,4,6-21H2,1,3,5H3. The minimum absolute atomic E-state index is 0.0379. The minimum atomic E-state index is -0.593. The summed E-state index contributed by atoms with van der Waals surface area (Å²) in [5.41, 5.74) is -0.0731. The lowest BCUT2D eigenvalue weighted by atomic mass is 9.64. The molecular weight excluding hydrogens is 440 g/mol. The lowest BCUT2D eigenvalue weighted by Crippen LogP contribution is -2.41. The molecule has 2 aliphatic carbocycles. The molecule has 1 unspecified atom stereocenters. The van der Waals surface area contributed by atoms with Crippen LogP contribution >= 0.6 is 0 Å². The molecule has 2 rings (SSSR count). The maximum atomic E-state index is 12.1. The minimum Gasteiger partial charge on any atom is -0.462 e. The molecule has 5 heteroatoms. The third-order valence-corrected chi connectivity index (χ3v) is 8.68. The smallest absolute Gasteiger partial charge is 0.335 e. The lowest BCUT2D eigenvalue weighted by Gasteiger charge is -2.43. The first-order chi connectivity index (χ1) is 16.7. The van der Waals surface area contributed by atoms with E-state index in [1.54, 1.807) is 6.92 Å². The van der Waals surface area contributed by atoms with Gasteiger partial charge in [0, 0.05) is 11.0 Å². The molecule has 0 aromatic rings. The van der Waals surface area contributed by atoms with Crippen LogP contribution < -0.4 is 0 Å². The van der Waals surface area contributed by atoms with Crippen LogP contribution in [0.25, 0.3) is 0 Å². The van der Waals surface area contributed by atoms with Gasteiger partial charge >= 0.3 is 11.9 Å². The average molecular weight is 491 g/mol. The summed E-state index contributed by atoms with van der Waals surface area (Å²) < 4.78 is 11.0. The first-order valence-electron chi connectivity index (χ1n) is 14.0. The quantitative estimate of drug-likeness (QED) is 0.165. The van der Waals surface area contributed by atoms with Crippen molar-refractivity contribution in [2.75, 3.05) is 19.8 Å². The van der Waals surface area contributed by atoms with Crippen LogP contribution in [0.3, 0.4) is 0 Å². The molecule has 2 fully saturated rings. The number of hydrogen-bond donors (Lipinski definition) is 1. The van der Waals surface area contributed by atoms with Gasteiger partial charge in [0.25, 0.3) is 0 Å². The molecule has 0 saturated heterocycles. The van der Waals surface area contributed by atoms with E-state index in [2.05, 4.69) is 20.1 Å². The fourth-order valence-electron chi connectivity index (χ4n) is 6.12. The van der Waals surface area contributed by atoms with E-state index < -0.39 is 24.0 Å². The molecule has 5 nitrogen and oxygen atoms in total. The number of aliphatic hydroxyl groups is 1. The van der Waals surface area contributed by atoms with E-state index in [9.17, 15) is 14.7 Å². The van der Waals surface area contributed by atoms with Crippen LogP contribution in [0.1, 0.15) is 104 Å². The van der Waals surface area contributed by atoms with Gasteiger partial charge in [-0.3, -0.25) is 0 Å². The van der Waals surface area contributed by atoms with Crippen molar-refractivity contribution in [3.63, 3.8) is 0 Å². The third kappa shape index (κ3) is 9.40. The van der Waals surface area contributed by atoms with Crippen LogP contribution in [0.4, 0.5) is 0 Å². The van der Waals surface area contributed by atoms with Gasteiger partial charge < -0.3 is 14.6 Å². The van der Waals surface area contributed by atoms with Gasteiger partial charge in [-0.2, -0.15) is 0 Å². The second kappa shape index (κ2) is 14.8. The first-order valence-corrected chi connectivity index (χ1v) is 14.0. The van der Waals surface area contributed by atoms with Gasteiger partial charge in [-0.05, 0) is 69.1 Å². The molecule has 2 saturated carbocycles. The van der Waals surface area contributed by atoms with E-state index in [-0.39, 0.29) is 18.8 Å². The van der Waals surface area contributed by atoms with E-state index in [0.717, 1.165) is 30.6 Å². The van der Waals surface area contributed by atoms with Crippen molar-refractivity contribution in [3.8, 4) is 0 Å². The van der Waals surface area contributed by atoms with Crippen LogP contribution in [-0.4, -0.2) is 36.9 Å². The number of rotatable bonds is 14. The normalized spacial score (nSPS) is 26.4. The highest BCUT2D eigenvalue weighted by Gasteiger charge is 2.41. The van der Waals surface area contributed by atoms with Crippen molar-refractivity contribution < 1.29 is 24.2 Å². The fraction of sp³-hybridized carbons (Fsp3) is 0.800. The van der Waals surface area contributed by atoms with E-state index >= 15 is 0 Å². The summed E-state index contributed by atoms with van der Waals surface area (Å²) >= 11 is 0. The molecule has 35 heavy (non-hydrogen) atoms. The lowest BCUT2D eigenvalue weighted by molar-refractivity contribution is -0.152. The van der Waals surface area contributed by atoms with Crippen molar-refractivity contribution >= 4 is 11.9 Å². The van der Waals surface area contributed by atoms with E-state index in [0.29, 0.717) is 11.5 Å². The Morgan fingerprint density at radius 2 is 1.40 bits per heavy atom. The van der Waals surface area contributed by atoms with E-state index in [1.807, 2.05) is 6.92 Å². The zero-order valence-electron chi connectivity index (χ0n) is 22.6. The van der Waals surface area contributed by atoms with Gasteiger partial charge in [0.05, 0.1) is 12.2 Å². The summed E-state index contributed by atoms with van der Waals surface area (Å²) in [6.45, 7) is 13.1. The van der Waals surface area contributed by atoms with Crippen LogP contribution in [0.15, 0.2) is 24.3 Å². The topological polar surface area (TPSA) is 72.8 Å². The molecule has 200 valence electrons. The van der Waals surface area contributed by atoms with Crippen molar-refractivity contribution in [2.24, 2.45) is 29.1 Å². The zero-order chi connectivity index (χ0) is 25.8. The van der Waals surface area contributed by atoms with E-state index in [4.69, 9.17) is 9.47 Å². The van der Waals surface area contributed by atoms with Crippen molar-refractivity contribution in [1.29, 1.82) is 0 Å². The predicted octanol–water partition coefficient (Wildman–Crippen LogP) is 6.79.